The van der Waals surface area contributed by atoms with Crippen molar-refractivity contribution < 1.29 is 14.3 Å². The van der Waals surface area contributed by atoms with Crippen LogP contribution in [-0.4, -0.2) is 12.3 Å². The summed E-state index contributed by atoms with van der Waals surface area (Å²) < 4.78 is 4.69. The second-order valence-corrected chi connectivity index (χ2v) is 2.30. The lowest BCUT2D eigenvalue weighted by atomic mass is 10.2. The van der Waals surface area contributed by atoms with Crippen LogP contribution in [-0.2, 0) is 9.59 Å². The number of aryl methyl sites for hydroxylation is 1. The largest absolute Gasteiger partial charge is 0.421 e. The van der Waals surface area contributed by atoms with Gasteiger partial charge in [0.25, 0.3) is 0 Å². The summed E-state index contributed by atoms with van der Waals surface area (Å²) in [5, 5.41) is 0. The average Bonchev–Trinajstić information content (AvgIpc) is 2.09. The van der Waals surface area contributed by atoms with E-state index in [4.69, 9.17) is 0 Å². The van der Waals surface area contributed by atoms with Gasteiger partial charge in [-0.2, -0.15) is 0 Å². The van der Waals surface area contributed by atoms with Crippen molar-refractivity contribution in [1.29, 1.82) is 0 Å². The summed E-state index contributed by atoms with van der Waals surface area (Å²) in [7, 11) is 0. The molecule has 12 heavy (non-hydrogen) atoms. The predicted molar refractivity (Wildman–Crippen MR) is 42.9 cm³/mol. The van der Waals surface area contributed by atoms with Gasteiger partial charge in [0, 0.05) is 0 Å². The molecule has 0 aliphatic rings. The highest BCUT2D eigenvalue weighted by atomic mass is 16.5. The minimum atomic E-state index is -0.871. The Kier molecular flexibility index (Phi) is 2.58. The molecule has 0 N–H and O–H groups in total. The lowest BCUT2D eigenvalue weighted by molar-refractivity contribution is -0.141. The van der Waals surface area contributed by atoms with Gasteiger partial charge in [-0.05, 0) is 18.6 Å². The molecule has 1 aromatic carbocycles. The lowest BCUT2D eigenvalue weighted by Crippen LogP contribution is -2.09. The van der Waals surface area contributed by atoms with E-state index in [1.165, 1.54) is 0 Å². The van der Waals surface area contributed by atoms with Gasteiger partial charge in [-0.25, -0.2) is 4.79 Å². The average molecular weight is 164 g/mol. The zero-order valence-electron chi connectivity index (χ0n) is 6.61. The molecule has 0 saturated carbocycles. The molecule has 0 atom stereocenters. The molecule has 0 aliphatic carbocycles. The topological polar surface area (TPSA) is 43.4 Å². The molecule has 0 heterocycles. The fourth-order valence-electron chi connectivity index (χ4n) is 0.803. The van der Waals surface area contributed by atoms with Crippen molar-refractivity contribution in [2.24, 2.45) is 0 Å². The molecule has 62 valence electrons. The zero-order chi connectivity index (χ0) is 8.97. The summed E-state index contributed by atoms with van der Waals surface area (Å²) in [6.07, 6.45) is 0.145. The van der Waals surface area contributed by atoms with Crippen LogP contribution in [0.25, 0.3) is 0 Å². The molecule has 0 radical (unpaired) electrons. The van der Waals surface area contributed by atoms with E-state index in [2.05, 4.69) is 4.74 Å². The number of carbonyl (C=O) groups is 2. The van der Waals surface area contributed by atoms with E-state index in [1.54, 1.807) is 25.1 Å². The minimum Gasteiger partial charge on any atom is -0.421 e. The number of esters is 1. The summed E-state index contributed by atoms with van der Waals surface area (Å²) in [6.45, 7) is 1.80. The number of hydrogen-bond donors (Lipinski definition) is 0. The third kappa shape index (κ3) is 1.92. The number of para-hydroxylation sites is 1. The molecule has 0 amide bonds. The van der Waals surface area contributed by atoms with Gasteiger partial charge in [0.2, 0.25) is 6.29 Å². The molecule has 3 nitrogen and oxygen atoms in total. The number of hydrogen-bond acceptors (Lipinski definition) is 3. The third-order valence-electron chi connectivity index (χ3n) is 1.40. The summed E-state index contributed by atoms with van der Waals surface area (Å²) >= 11 is 0. The number of aldehydes is 1. The Morgan fingerprint density at radius 3 is 2.67 bits per heavy atom. The molecule has 1 aromatic rings. The third-order valence-corrected chi connectivity index (χ3v) is 1.40. The van der Waals surface area contributed by atoms with Gasteiger partial charge in [-0.3, -0.25) is 4.79 Å². The van der Waals surface area contributed by atoms with Gasteiger partial charge in [0.05, 0.1) is 0 Å². The molecule has 1 rings (SSSR count). The van der Waals surface area contributed by atoms with Crippen molar-refractivity contribution in [2.45, 2.75) is 6.92 Å². The highest BCUT2D eigenvalue weighted by Crippen LogP contribution is 2.15. The molecule has 0 fully saturated rings. The SMILES string of the molecule is Cc1ccccc1OC(=O)C=O. The molecule has 0 spiro atoms. The Bertz CT molecular complexity index is 304. The van der Waals surface area contributed by atoms with E-state index in [0.29, 0.717) is 5.75 Å². The standard InChI is InChI=1S/C9H8O3/c1-7-4-2-3-5-8(7)12-9(11)6-10/h2-6H,1H3. The zero-order valence-corrected chi connectivity index (χ0v) is 6.61. The number of rotatable bonds is 2. The van der Waals surface area contributed by atoms with Gasteiger partial charge in [0.1, 0.15) is 5.75 Å². The van der Waals surface area contributed by atoms with Crippen molar-refractivity contribution in [3.8, 4) is 5.75 Å². The summed E-state index contributed by atoms with van der Waals surface area (Å²) in [5.74, 6) is -0.445. The van der Waals surface area contributed by atoms with E-state index in [-0.39, 0.29) is 6.29 Å². The van der Waals surface area contributed by atoms with Crippen molar-refractivity contribution >= 4 is 12.3 Å². The maximum absolute atomic E-state index is 10.5. The summed E-state index contributed by atoms with van der Waals surface area (Å²) in [6, 6.07) is 7.00. The van der Waals surface area contributed by atoms with Crippen LogP contribution in [0.15, 0.2) is 24.3 Å². The second kappa shape index (κ2) is 3.67. The summed E-state index contributed by atoms with van der Waals surface area (Å²) in [5.41, 5.74) is 0.827. The predicted octanol–water partition coefficient (Wildman–Crippen LogP) is 1.10. The molecule has 3 heteroatoms. The van der Waals surface area contributed by atoms with E-state index in [0.717, 1.165) is 5.56 Å². The fraction of sp³-hybridized carbons (Fsp3) is 0.111. The van der Waals surface area contributed by atoms with Gasteiger partial charge in [0.15, 0.2) is 0 Å². The number of ether oxygens (including phenoxy) is 1. The Labute approximate surface area is 70.0 Å². The van der Waals surface area contributed by atoms with Crippen LogP contribution in [0.1, 0.15) is 5.56 Å². The molecule has 0 aliphatic heterocycles. The molecular formula is C9H8O3. The summed E-state index contributed by atoms with van der Waals surface area (Å²) in [4.78, 5) is 20.5. The van der Waals surface area contributed by atoms with Crippen LogP contribution in [0.5, 0.6) is 5.75 Å². The van der Waals surface area contributed by atoms with Crippen LogP contribution in [0.4, 0.5) is 0 Å². The first-order valence-corrected chi connectivity index (χ1v) is 3.46. The van der Waals surface area contributed by atoms with Gasteiger partial charge < -0.3 is 4.74 Å². The Balaban J connectivity index is 2.82. The van der Waals surface area contributed by atoms with E-state index >= 15 is 0 Å². The Morgan fingerprint density at radius 2 is 2.08 bits per heavy atom. The molecule has 0 aromatic heterocycles. The van der Waals surface area contributed by atoms with Crippen LogP contribution >= 0.6 is 0 Å². The normalized spacial score (nSPS) is 9.08. The Hall–Kier alpha value is -1.64. The second-order valence-electron chi connectivity index (χ2n) is 2.30. The van der Waals surface area contributed by atoms with Crippen molar-refractivity contribution in [2.75, 3.05) is 0 Å². The molecule has 0 bridgehead atoms. The first-order chi connectivity index (χ1) is 5.74. The van der Waals surface area contributed by atoms with Crippen molar-refractivity contribution in [1.82, 2.24) is 0 Å². The quantitative estimate of drug-likeness (QED) is 0.284. The van der Waals surface area contributed by atoms with Crippen LogP contribution in [0.2, 0.25) is 0 Å². The molecule has 0 unspecified atom stereocenters. The molecule has 0 saturated heterocycles. The smallest absolute Gasteiger partial charge is 0.376 e. The monoisotopic (exact) mass is 164 g/mol. The Morgan fingerprint density at radius 1 is 1.42 bits per heavy atom. The van der Waals surface area contributed by atoms with Crippen LogP contribution in [0.3, 0.4) is 0 Å². The van der Waals surface area contributed by atoms with E-state index in [9.17, 15) is 9.59 Å². The molecular weight excluding hydrogens is 156 g/mol. The van der Waals surface area contributed by atoms with Gasteiger partial charge >= 0.3 is 5.97 Å². The maximum Gasteiger partial charge on any atom is 0.376 e. The maximum atomic E-state index is 10.5. The van der Waals surface area contributed by atoms with E-state index in [1.807, 2.05) is 6.07 Å². The lowest BCUT2D eigenvalue weighted by Gasteiger charge is -2.02. The van der Waals surface area contributed by atoms with Crippen molar-refractivity contribution in [3.05, 3.63) is 29.8 Å². The number of carbonyl (C=O) groups excluding carboxylic acids is 2. The van der Waals surface area contributed by atoms with Gasteiger partial charge in [-0.15, -0.1) is 0 Å². The number of benzene rings is 1. The van der Waals surface area contributed by atoms with Crippen LogP contribution in [0, 0.1) is 6.92 Å². The minimum absolute atomic E-state index is 0.145. The van der Waals surface area contributed by atoms with E-state index < -0.39 is 5.97 Å². The highest BCUT2D eigenvalue weighted by Gasteiger charge is 2.03. The fourth-order valence-corrected chi connectivity index (χ4v) is 0.803. The van der Waals surface area contributed by atoms with Gasteiger partial charge in [-0.1, -0.05) is 18.2 Å². The highest BCUT2D eigenvalue weighted by molar-refractivity contribution is 6.21. The van der Waals surface area contributed by atoms with Crippen LogP contribution < -0.4 is 4.74 Å². The first-order valence-electron chi connectivity index (χ1n) is 3.46. The van der Waals surface area contributed by atoms with Crippen molar-refractivity contribution in [3.63, 3.8) is 0 Å². The first kappa shape index (κ1) is 8.46.